The highest BCUT2D eigenvalue weighted by atomic mass is 35.5. The van der Waals surface area contributed by atoms with Crippen LogP contribution in [0.4, 0.5) is 0 Å². The third-order valence-electron chi connectivity index (χ3n) is 4.73. The van der Waals surface area contributed by atoms with Gasteiger partial charge in [-0.15, -0.1) is 23.7 Å². The van der Waals surface area contributed by atoms with Gasteiger partial charge in [-0.3, -0.25) is 10.00 Å². The molecule has 2 saturated heterocycles. The molecule has 1 spiro atoms. The summed E-state index contributed by atoms with van der Waals surface area (Å²) in [5, 5.41) is 13.1. The zero-order valence-corrected chi connectivity index (χ0v) is 13.6. The van der Waals surface area contributed by atoms with Gasteiger partial charge in [-0.05, 0) is 42.8 Å². The molecule has 1 unspecified atom stereocenters. The molecular weight excluding hydrogens is 304 g/mol. The quantitative estimate of drug-likeness (QED) is 0.912. The number of rotatable bonds is 3. The molecule has 21 heavy (non-hydrogen) atoms. The molecule has 2 aliphatic rings. The second kappa shape index (κ2) is 6.08. The molecule has 4 nitrogen and oxygen atoms in total. The molecule has 2 aromatic rings. The van der Waals surface area contributed by atoms with Gasteiger partial charge in [0.25, 0.3) is 0 Å². The van der Waals surface area contributed by atoms with E-state index in [1.165, 1.54) is 55.2 Å². The third kappa shape index (κ3) is 2.88. The summed E-state index contributed by atoms with van der Waals surface area (Å²) in [5.74, 6) is 0. The van der Waals surface area contributed by atoms with Crippen molar-refractivity contribution in [3.8, 4) is 10.6 Å². The molecular formula is C15H21ClN4S. The number of hydrogen-bond donors (Lipinski definition) is 2. The summed E-state index contributed by atoms with van der Waals surface area (Å²) in [7, 11) is 0. The van der Waals surface area contributed by atoms with E-state index in [0.29, 0.717) is 5.41 Å². The van der Waals surface area contributed by atoms with E-state index < -0.39 is 0 Å². The van der Waals surface area contributed by atoms with Gasteiger partial charge < -0.3 is 5.32 Å². The van der Waals surface area contributed by atoms with Crippen molar-refractivity contribution in [2.45, 2.75) is 19.4 Å². The molecule has 0 amide bonds. The third-order valence-corrected chi connectivity index (χ3v) is 5.62. The predicted octanol–water partition coefficient (Wildman–Crippen LogP) is 2.75. The molecule has 6 heteroatoms. The van der Waals surface area contributed by atoms with E-state index in [9.17, 15) is 0 Å². The number of hydrogen-bond acceptors (Lipinski definition) is 4. The van der Waals surface area contributed by atoms with Crippen molar-refractivity contribution in [3.63, 3.8) is 0 Å². The van der Waals surface area contributed by atoms with E-state index in [1.54, 1.807) is 11.3 Å². The molecule has 0 bridgehead atoms. The van der Waals surface area contributed by atoms with E-state index in [2.05, 4.69) is 37.9 Å². The molecule has 0 saturated carbocycles. The van der Waals surface area contributed by atoms with Crippen LogP contribution in [0.5, 0.6) is 0 Å². The van der Waals surface area contributed by atoms with Crippen molar-refractivity contribution in [2.75, 3.05) is 26.2 Å². The smallest absolute Gasteiger partial charge is 0.0794 e. The van der Waals surface area contributed by atoms with Crippen molar-refractivity contribution in [1.29, 1.82) is 0 Å². The summed E-state index contributed by atoms with van der Waals surface area (Å²) in [6.07, 6.45) is 4.67. The molecule has 4 heterocycles. The number of nitrogens with zero attached hydrogens (tertiary/aromatic N) is 2. The Morgan fingerprint density at radius 1 is 1.38 bits per heavy atom. The summed E-state index contributed by atoms with van der Waals surface area (Å²) in [4.78, 5) is 3.88. The Balaban J connectivity index is 0.00000132. The van der Waals surface area contributed by atoms with E-state index >= 15 is 0 Å². The van der Waals surface area contributed by atoms with E-state index in [4.69, 9.17) is 0 Å². The maximum Gasteiger partial charge on any atom is 0.0794 e. The van der Waals surface area contributed by atoms with Crippen LogP contribution in [0.15, 0.2) is 23.7 Å². The van der Waals surface area contributed by atoms with E-state index in [0.717, 1.165) is 6.54 Å². The highest BCUT2D eigenvalue weighted by Gasteiger charge is 2.40. The minimum absolute atomic E-state index is 0. The fraction of sp³-hybridized carbons (Fsp3) is 0.533. The van der Waals surface area contributed by atoms with Crippen LogP contribution in [0.25, 0.3) is 10.6 Å². The highest BCUT2D eigenvalue weighted by molar-refractivity contribution is 7.13. The topological polar surface area (TPSA) is 44.0 Å². The van der Waals surface area contributed by atoms with Crippen LogP contribution in [0.3, 0.4) is 0 Å². The average molecular weight is 325 g/mol. The van der Waals surface area contributed by atoms with Crippen molar-refractivity contribution in [3.05, 3.63) is 29.3 Å². The first kappa shape index (κ1) is 15.0. The van der Waals surface area contributed by atoms with Crippen molar-refractivity contribution in [1.82, 2.24) is 20.4 Å². The predicted molar refractivity (Wildman–Crippen MR) is 89.0 cm³/mol. The summed E-state index contributed by atoms with van der Waals surface area (Å²) >= 11 is 1.77. The second-order valence-corrected chi connectivity index (χ2v) is 7.08. The van der Waals surface area contributed by atoms with Gasteiger partial charge in [0.1, 0.15) is 0 Å². The van der Waals surface area contributed by atoms with Crippen LogP contribution in [-0.4, -0.2) is 41.3 Å². The fourth-order valence-corrected chi connectivity index (χ4v) is 4.37. The lowest BCUT2D eigenvalue weighted by Gasteiger charge is -2.22. The van der Waals surface area contributed by atoms with Gasteiger partial charge in [0.15, 0.2) is 0 Å². The molecule has 2 aliphatic heterocycles. The van der Waals surface area contributed by atoms with Crippen molar-refractivity contribution in [2.24, 2.45) is 5.41 Å². The maximum atomic E-state index is 4.25. The van der Waals surface area contributed by atoms with E-state index in [-0.39, 0.29) is 12.4 Å². The summed E-state index contributed by atoms with van der Waals surface area (Å²) in [6.45, 7) is 5.87. The van der Waals surface area contributed by atoms with Crippen molar-refractivity contribution >= 4 is 23.7 Å². The zero-order valence-electron chi connectivity index (χ0n) is 12.0. The van der Waals surface area contributed by atoms with Gasteiger partial charge in [0.2, 0.25) is 0 Å². The number of thiophene rings is 1. The molecule has 2 aromatic heterocycles. The number of halogens is 1. The Bertz CT molecular complexity index is 574. The number of aromatic amines is 1. The van der Waals surface area contributed by atoms with Gasteiger partial charge in [-0.25, -0.2) is 0 Å². The van der Waals surface area contributed by atoms with Crippen LogP contribution in [0.2, 0.25) is 0 Å². The lowest BCUT2D eigenvalue weighted by Crippen LogP contribution is -2.28. The molecule has 0 radical (unpaired) electrons. The van der Waals surface area contributed by atoms with Gasteiger partial charge in [-0.2, -0.15) is 5.10 Å². The molecule has 0 aromatic carbocycles. The number of aromatic nitrogens is 2. The SMILES string of the molecule is Cl.c1csc(-c2[nH]ncc2CN2CCC3(CCNC3)C2)c1. The lowest BCUT2D eigenvalue weighted by molar-refractivity contribution is 0.269. The molecule has 4 rings (SSSR count). The molecule has 114 valence electrons. The zero-order chi connectivity index (χ0) is 13.4. The van der Waals surface area contributed by atoms with Gasteiger partial charge in [0.05, 0.1) is 16.8 Å². The summed E-state index contributed by atoms with van der Waals surface area (Å²) in [6, 6.07) is 4.26. The Morgan fingerprint density at radius 3 is 3.10 bits per heavy atom. The fourth-order valence-electron chi connectivity index (χ4n) is 3.61. The Labute approximate surface area is 135 Å². The Morgan fingerprint density at radius 2 is 2.33 bits per heavy atom. The van der Waals surface area contributed by atoms with Gasteiger partial charge in [0, 0.05) is 25.2 Å². The van der Waals surface area contributed by atoms with Crippen LogP contribution in [0, 0.1) is 5.41 Å². The molecule has 0 aliphatic carbocycles. The summed E-state index contributed by atoms with van der Waals surface area (Å²) < 4.78 is 0. The van der Waals surface area contributed by atoms with Crippen LogP contribution < -0.4 is 5.32 Å². The minimum atomic E-state index is 0. The minimum Gasteiger partial charge on any atom is -0.316 e. The first-order valence-electron chi connectivity index (χ1n) is 7.34. The van der Waals surface area contributed by atoms with Gasteiger partial charge >= 0.3 is 0 Å². The second-order valence-electron chi connectivity index (χ2n) is 6.13. The molecule has 2 N–H and O–H groups in total. The van der Waals surface area contributed by atoms with Crippen LogP contribution in [0.1, 0.15) is 18.4 Å². The Kier molecular flexibility index (Phi) is 4.36. The Hall–Kier alpha value is -0.880. The first-order chi connectivity index (χ1) is 9.85. The number of nitrogens with one attached hydrogen (secondary N) is 2. The number of likely N-dealkylation sites (tertiary alicyclic amines) is 1. The maximum absolute atomic E-state index is 4.25. The number of H-pyrrole nitrogens is 1. The largest absolute Gasteiger partial charge is 0.316 e. The lowest BCUT2D eigenvalue weighted by atomic mass is 9.86. The summed E-state index contributed by atoms with van der Waals surface area (Å²) in [5.41, 5.74) is 3.08. The van der Waals surface area contributed by atoms with E-state index in [1.807, 2.05) is 6.20 Å². The van der Waals surface area contributed by atoms with Crippen LogP contribution >= 0.6 is 23.7 Å². The highest BCUT2D eigenvalue weighted by Crippen LogP contribution is 2.37. The van der Waals surface area contributed by atoms with Gasteiger partial charge in [-0.1, -0.05) is 6.07 Å². The van der Waals surface area contributed by atoms with Crippen molar-refractivity contribution < 1.29 is 0 Å². The standard InChI is InChI=1S/C15H20N4S.ClH/c1-2-13(20-7-1)14-12(8-17-18-14)9-19-6-4-15(11-19)3-5-16-10-15;/h1-2,7-8,16H,3-6,9-11H2,(H,17,18);1H. The normalized spacial score (nSPS) is 25.5. The monoisotopic (exact) mass is 324 g/mol. The molecule has 1 atom stereocenters. The first-order valence-corrected chi connectivity index (χ1v) is 8.22. The average Bonchev–Trinajstić information content (AvgIpc) is 3.21. The van der Waals surface area contributed by atoms with Crippen LogP contribution in [-0.2, 0) is 6.54 Å². The molecule has 2 fully saturated rings.